The lowest BCUT2D eigenvalue weighted by atomic mass is 9.94. The molecule has 0 saturated carbocycles. The van der Waals surface area contributed by atoms with Crippen LogP contribution in [0.3, 0.4) is 0 Å². The van der Waals surface area contributed by atoms with Crippen molar-refractivity contribution in [3.05, 3.63) is 54.6 Å². The average molecular weight is 480 g/mol. The predicted octanol–water partition coefficient (Wildman–Crippen LogP) is 3.70. The molecule has 0 aliphatic carbocycles. The minimum atomic E-state index is -0.515. The van der Waals surface area contributed by atoms with E-state index in [1.165, 1.54) is 17.1 Å². The van der Waals surface area contributed by atoms with Gasteiger partial charge in [0, 0.05) is 49.4 Å². The summed E-state index contributed by atoms with van der Waals surface area (Å²) in [5.41, 5.74) is 1.88. The molecule has 12 heteroatoms. The Bertz CT molecular complexity index is 1340. The van der Waals surface area contributed by atoms with E-state index in [1.54, 1.807) is 23.2 Å². The first-order valence-corrected chi connectivity index (χ1v) is 11.4. The van der Waals surface area contributed by atoms with Crippen molar-refractivity contribution in [2.75, 3.05) is 18.4 Å². The second kappa shape index (κ2) is 8.93. The smallest absolute Gasteiger partial charge is 0.410 e. The second-order valence-electron chi connectivity index (χ2n) is 9.44. The maximum absolute atomic E-state index is 14.8. The van der Waals surface area contributed by atoms with E-state index in [-0.39, 0.29) is 17.7 Å². The van der Waals surface area contributed by atoms with Crippen molar-refractivity contribution in [1.29, 1.82) is 0 Å². The molecule has 1 aliphatic rings. The Balaban J connectivity index is 1.32. The molecule has 1 aliphatic heterocycles. The number of carbonyl (C=O) groups excluding carboxylic acids is 1. The summed E-state index contributed by atoms with van der Waals surface area (Å²) in [4.78, 5) is 23.1. The van der Waals surface area contributed by atoms with Gasteiger partial charge in [-0.1, -0.05) is 0 Å². The number of anilines is 2. The van der Waals surface area contributed by atoms with Gasteiger partial charge >= 0.3 is 6.09 Å². The van der Waals surface area contributed by atoms with Crippen LogP contribution in [0.5, 0.6) is 0 Å². The molecule has 4 heterocycles. The highest BCUT2D eigenvalue weighted by Crippen LogP contribution is 2.31. The van der Waals surface area contributed by atoms with E-state index in [9.17, 15) is 9.18 Å². The van der Waals surface area contributed by atoms with Gasteiger partial charge in [-0.3, -0.25) is 4.40 Å². The standard InChI is InChI=1S/C23H26FN9O2/c1-23(2,3)35-22(34)31-9-6-15(7-10-31)19-13-26-21-20(25-8-11-32(19)21)28-18-5-4-16(12-17(18)24)33-14-27-29-30-33/h4-5,8,11-15H,6-7,9-10H2,1-3H3,(H,25,28). The number of ether oxygens (including phenoxy) is 1. The van der Waals surface area contributed by atoms with E-state index in [4.69, 9.17) is 4.74 Å². The highest BCUT2D eigenvalue weighted by molar-refractivity contribution is 5.71. The Hall–Kier alpha value is -4.09. The van der Waals surface area contributed by atoms with Crippen molar-refractivity contribution in [3.63, 3.8) is 0 Å². The van der Waals surface area contributed by atoms with Crippen molar-refractivity contribution in [1.82, 2.24) is 39.5 Å². The highest BCUT2D eigenvalue weighted by atomic mass is 19.1. The lowest BCUT2D eigenvalue weighted by Gasteiger charge is -2.33. The monoisotopic (exact) mass is 479 g/mol. The van der Waals surface area contributed by atoms with Crippen molar-refractivity contribution in [2.24, 2.45) is 0 Å². The quantitative estimate of drug-likeness (QED) is 0.471. The lowest BCUT2D eigenvalue weighted by molar-refractivity contribution is 0.0204. The zero-order valence-electron chi connectivity index (χ0n) is 19.7. The van der Waals surface area contributed by atoms with Gasteiger partial charge in [0.25, 0.3) is 0 Å². The summed E-state index contributed by atoms with van der Waals surface area (Å²) in [5, 5.41) is 14.0. The Kier molecular flexibility index (Phi) is 5.79. The van der Waals surface area contributed by atoms with Crippen LogP contribution in [0.4, 0.5) is 20.7 Å². The molecule has 0 spiro atoms. The van der Waals surface area contributed by atoms with Gasteiger partial charge in [0.05, 0.1) is 11.4 Å². The van der Waals surface area contributed by atoms with E-state index < -0.39 is 11.4 Å². The van der Waals surface area contributed by atoms with Crippen LogP contribution in [-0.2, 0) is 4.74 Å². The fourth-order valence-electron chi connectivity index (χ4n) is 4.17. The molecule has 35 heavy (non-hydrogen) atoms. The Morgan fingerprint density at radius 2 is 2.00 bits per heavy atom. The number of nitrogens with one attached hydrogen (secondary N) is 1. The van der Waals surface area contributed by atoms with Crippen LogP contribution < -0.4 is 5.32 Å². The molecule has 0 radical (unpaired) electrons. The summed E-state index contributed by atoms with van der Waals surface area (Å²) in [6, 6.07) is 4.65. The summed E-state index contributed by atoms with van der Waals surface area (Å²) in [5.74, 6) is 0.202. The topological polar surface area (TPSA) is 115 Å². The number of aromatic nitrogens is 7. The van der Waals surface area contributed by atoms with Crippen LogP contribution in [0.25, 0.3) is 11.3 Å². The Morgan fingerprint density at radius 1 is 1.20 bits per heavy atom. The molecule has 1 N–H and O–H groups in total. The lowest BCUT2D eigenvalue weighted by Crippen LogP contribution is -2.41. The largest absolute Gasteiger partial charge is 0.444 e. The molecule has 3 aromatic heterocycles. The number of tetrazole rings is 1. The molecule has 5 rings (SSSR count). The third kappa shape index (κ3) is 4.77. The first-order chi connectivity index (χ1) is 16.8. The Labute approximate surface area is 200 Å². The molecule has 182 valence electrons. The van der Waals surface area contributed by atoms with Crippen molar-refractivity contribution < 1.29 is 13.9 Å². The number of rotatable bonds is 4. The molecule has 1 aromatic carbocycles. The first kappa shape index (κ1) is 22.7. The minimum Gasteiger partial charge on any atom is -0.444 e. The normalized spacial score (nSPS) is 14.9. The number of amides is 1. The minimum absolute atomic E-state index is 0.228. The van der Waals surface area contributed by atoms with Gasteiger partial charge in [0.1, 0.15) is 17.7 Å². The molecule has 11 nitrogen and oxygen atoms in total. The van der Waals surface area contributed by atoms with E-state index in [0.717, 1.165) is 18.5 Å². The van der Waals surface area contributed by atoms with Gasteiger partial charge in [-0.25, -0.2) is 23.8 Å². The number of carbonyl (C=O) groups is 1. The third-order valence-corrected chi connectivity index (χ3v) is 5.84. The van der Waals surface area contributed by atoms with E-state index in [0.29, 0.717) is 30.2 Å². The second-order valence-corrected chi connectivity index (χ2v) is 9.44. The molecule has 1 saturated heterocycles. The number of hydrogen-bond acceptors (Lipinski definition) is 8. The van der Waals surface area contributed by atoms with Gasteiger partial charge in [-0.2, -0.15) is 0 Å². The summed E-state index contributed by atoms with van der Waals surface area (Å²) in [6.07, 6.45) is 8.04. The number of fused-ring (bicyclic) bond motifs is 1. The number of halogens is 1. The fourth-order valence-corrected chi connectivity index (χ4v) is 4.17. The van der Waals surface area contributed by atoms with E-state index in [2.05, 4.69) is 30.8 Å². The van der Waals surface area contributed by atoms with Crippen LogP contribution in [0.1, 0.15) is 45.2 Å². The maximum Gasteiger partial charge on any atom is 0.410 e. The fraction of sp³-hybridized carbons (Fsp3) is 0.391. The molecule has 1 amide bonds. The third-order valence-electron chi connectivity index (χ3n) is 5.84. The zero-order chi connectivity index (χ0) is 24.6. The summed E-state index contributed by atoms with van der Waals surface area (Å²) < 4.78 is 23.6. The highest BCUT2D eigenvalue weighted by Gasteiger charge is 2.29. The van der Waals surface area contributed by atoms with Gasteiger partial charge in [-0.15, -0.1) is 5.10 Å². The van der Waals surface area contributed by atoms with Crippen LogP contribution in [-0.4, -0.2) is 64.3 Å². The van der Waals surface area contributed by atoms with E-state index >= 15 is 0 Å². The molecule has 4 aromatic rings. The molecular formula is C23H26FN9O2. The number of piperidine rings is 1. The van der Waals surface area contributed by atoms with Crippen molar-refractivity contribution in [2.45, 2.75) is 45.1 Å². The predicted molar refractivity (Wildman–Crippen MR) is 125 cm³/mol. The Morgan fingerprint density at radius 3 is 2.69 bits per heavy atom. The first-order valence-electron chi connectivity index (χ1n) is 11.4. The summed E-state index contributed by atoms with van der Waals surface area (Å²) in [6.45, 7) is 6.82. The number of likely N-dealkylation sites (tertiary alicyclic amines) is 1. The van der Waals surface area contributed by atoms with E-state index in [1.807, 2.05) is 37.6 Å². The number of nitrogens with zero attached hydrogens (tertiary/aromatic N) is 8. The summed E-state index contributed by atoms with van der Waals surface area (Å²) >= 11 is 0. The molecule has 0 atom stereocenters. The molecule has 1 fully saturated rings. The summed E-state index contributed by atoms with van der Waals surface area (Å²) in [7, 11) is 0. The van der Waals surface area contributed by atoms with Gasteiger partial charge in [0.15, 0.2) is 11.5 Å². The van der Waals surface area contributed by atoms with Crippen LogP contribution >= 0.6 is 0 Å². The molecular weight excluding hydrogens is 453 g/mol. The molecule has 0 bridgehead atoms. The van der Waals surface area contributed by atoms with Crippen molar-refractivity contribution >= 4 is 23.2 Å². The SMILES string of the molecule is CC(C)(C)OC(=O)N1CCC(c2cnc3c(Nc4ccc(-n5cnnn5)cc4F)nccn23)CC1. The van der Waals surface area contributed by atoms with Crippen LogP contribution in [0.2, 0.25) is 0 Å². The average Bonchev–Trinajstić information content (AvgIpc) is 3.50. The number of imidazole rings is 1. The molecule has 0 unspecified atom stereocenters. The number of hydrogen-bond donors (Lipinski definition) is 1. The zero-order valence-corrected chi connectivity index (χ0v) is 19.7. The van der Waals surface area contributed by atoms with Crippen LogP contribution in [0.15, 0.2) is 43.1 Å². The van der Waals surface area contributed by atoms with Gasteiger partial charge in [0.2, 0.25) is 0 Å². The number of benzene rings is 1. The van der Waals surface area contributed by atoms with Crippen molar-refractivity contribution in [3.8, 4) is 5.69 Å². The van der Waals surface area contributed by atoms with Gasteiger partial charge < -0.3 is 15.0 Å². The van der Waals surface area contributed by atoms with Gasteiger partial charge in [-0.05, 0) is 56.2 Å². The van der Waals surface area contributed by atoms with Crippen LogP contribution in [0, 0.1) is 5.82 Å². The maximum atomic E-state index is 14.8.